The van der Waals surface area contributed by atoms with E-state index in [4.69, 9.17) is 9.05 Å². The van der Waals surface area contributed by atoms with Crippen LogP contribution in [0.5, 0.6) is 0 Å². The van der Waals surface area contributed by atoms with E-state index in [2.05, 4.69) is 15.6 Å². The highest BCUT2D eigenvalue weighted by molar-refractivity contribution is 6.04. The maximum atomic E-state index is 12.8. The summed E-state index contributed by atoms with van der Waals surface area (Å²) in [6.45, 7) is 7.63. The molecule has 4 rings (SSSR count). The monoisotopic (exact) mass is 389 g/mol. The largest absolute Gasteiger partial charge is 0.450 e. The van der Waals surface area contributed by atoms with E-state index >= 15 is 0 Å². The highest BCUT2D eigenvalue weighted by Gasteiger charge is 2.20. The summed E-state index contributed by atoms with van der Waals surface area (Å²) in [4.78, 5) is 25.3. The lowest BCUT2D eigenvalue weighted by Crippen LogP contribution is -2.16. The van der Waals surface area contributed by atoms with E-state index in [-0.39, 0.29) is 17.0 Å². The highest BCUT2D eigenvalue weighted by Crippen LogP contribution is 2.29. The molecule has 0 fully saturated rings. The lowest BCUT2D eigenvalue weighted by atomic mass is 10.0. The van der Waals surface area contributed by atoms with Gasteiger partial charge >= 0.3 is 0 Å². The van der Waals surface area contributed by atoms with Crippen molar-refractivity contribution in [2.24, 2.45) is 0 Å². The molecule has 7 heteroatoms. The number of anilines is 1. The van der Waals surface area contributed by atoms with Crippen molar-refractivity contribution in [3.63, 3.8) is 0 Å². The van der Waals surface area contributed by atoms with Gasteiger partial charge in [-0.3, -0.25) is 14.9 Å². The van der Waals surface area contributed by atoms with E-state index in [1.807, 2.05) is 52.0 Å². The second-order valence-electron chi connectivity index (χ2n) is 7.17. The maximum absolute atomic E-state index is 12.8. The number of hydrogen-bond donors (Lipinski definition) is 1. The molecule has 0 spiro atoms. The van der Waals surface area contributed by atoms with Gasteiger partial charge < -0.3 is 4.42 Å². The van der Waals surface area contributed by atoms with Gasteiger partial charge in [-0.1, -0.05) is 23.8 Å². The van der Waals surface area contributed by atoms with E-state index in [1.165, 1.54) is 6.07 Å². The quantitative estimate of drug-likeness (QED) is 0.560. The van der Waals surface area contributed by atoms with E-state index in [1.54, 1.807) is 6.07 Å². The summed E-state index contributed by atoms with van der Waals surface area (Å²) in [6.07, 6.45) is 0. The summed E-state index contributed by atoms with van der Waals surface area (Å²) in [5.74, 6) is -0.553. The fourth-order valence-corrected chi connectivity index (χ4v) is 3.33. The first-order chi connectivity index (χ1) is 13.8. The number of aryl methyl sites for hydroxylation is 4. The van der Waals surface area contributed by atoms with Gasteiger partial charge in [-0.05, 0) is 66.8 Å². The van der Waals surface area contributed by atoms with Crippen LogP contribution in [0.2, 0.25) is 0 Å². The van der Waals surface area contributed by atoms with Crippen LogP contribution in [-0.4, -0.2) is 16.2 Å². The van der Waals surface area contributed by atoms with Crippen molar-refractivity contribution in [2.45, 2.75) is 27.7 Å². The number of nitrogens with one attached hydrogen (secondary N) is 1. The van der Waals surface area contributed by atoms with Crippen LogP contribution in [0, 0.1) is 27.7 Å². The Morgan fingerprint density at radius 2 is 1.72 bits per heavy atom. The highest BCUT2D eigenvalue weighted by atomic mass is 16.6. The third-order valence-electron chi connectivity index (χ3n) is 4.75. The van der Waals surface area contributed by atoms with Gasteiger partial charge in [0.2, 0.25) is 5.82 Å². The van der Waals surface area contributed by atoms with Gasteiger partial charge in [0.1, 0.15) is 5.58 Å². The molecule has 0 saturated carbocycles. The standard InChI is InChI=1S/C22H19N3O4/c1-11-5-6-13(3)15(8-11)19-21(25-29-24-19)23-22(27)18-10-17(26)16-9-12(2)7-14(4)20(16)28-18/h5-10H,1-4H3,(H,23,25,27). The summed E-state index contributed by atoms with van der Waals surface area (Å²) in [5, 5.41) is 10.8. The Morgan fingerprint density at radius 3 is 2.52 bits per heavy atom. The molecule has 0 aliphatic carbocycles. The van der Waals surface area contributed by atoms with Crippen molar-refractivity contribution in [3.8, 4) is 11.3 Å². The molecule has 2 heterocycles. The van der Waals surface area contributed by atoms with Gasteiger partial charge in [0.05, 0.1) is 5.39 Å². The number of carbonyl (C=O) groups is 1. The summed E-state index contributed by atoms with van der Waals surface area (Å²) in [7, 11) is 0. The number of rotatable bonds is 3. The number of nitrogens with zero attached hydrogens (tertiary/aromatic N) is 2. The zero-order valence-corrected chi connectivity index (χ0v) is 16.5. The predicted molar refractivity (Wildman–Crippen MR) is 109 cm³/mol. The Bertz CT molecular complexity index is 1320. The van der Waals surface area contributed by atoms with Gasteiger partial charge in [0.15, 0.2) is 16.9 Å². The average molecular weight is 389 g/mol. The lowest BCUT2D eigenvalue weighted by molar-refractivity contribution is 0.0996. The molecule has 0 saturated heterocycles. The van der Waals surface area contributed by atoms with Crippen molar-refractivity contribution in [3.05, 3.63) is 74.6 Å². The zero-order valence-electron chi connectivity index (χ0n) is 16.5. The Hall–Kier alpha value is -3.74. The number of benzene rings is 2. The molecule has 29 heavy (non-hydrogen) atoms. The second kappa shape index (κ2) is 7.01. The first-order valence-corrected chi connectivity index (χ1v) is 9.10. The molecule has 7 nitrogen and oxygen atoms in total. The van der Waals surface area contributed by atoms with E-state index < -0.39 is 5.91 Å². The van der Waals surface area contributed by atoms with Gasteiger partial charge in [-0.2, -0.15) is 0 Å². The molecule has 4 aromatic rings. The fraction of sp³-hybridized carbons (Fsp3) is 0.182. The SMILES string of the molecule is Cc1ccc(C)c(-c2nonc2NC(=O)c2cc(=O)c3cc(C)cc(C)c3o2)c1. The first-order valence-electron chi connectivity index (χ1n) is 9.10. The molecule has 0 aliphatic heterocycles. The molecule has 146 valence electrons. The molecule has 0 aliphatic rings. The molecular weight excluding hydrogens is 370 g/mol. The zero-order chi connectivity index (χ0) is 20.7. The molecule has 2 aromatic heterocycles. The normalized spacial score (nSPS) is 11.0. The third-order valence-corrected chi connectivity index (χ3v) is 4.75. The molecule has 0 radical (unpaired) electrons. The molecular formula is C22H19N3O4. The lowest BCUT2D eigenvalue weighted by Gasteiger charge is -2.08. The van der Waals surface area contributed by atoms with Crippen LogP contribution in [0.1, 0.15) is 32.8 Å². The Balaban J connectivity index is 1.72. The Kier molecular flexibility index (Phi) is 4.50. The van der Waals surface area contributed by atoms with Crippen LogP contribution >= 0.6 is 0 Å². The fourth-order valence-electron chi connectivity index (χ4n) is 3.33. The molecule has 1 amide bonds. The van der Waals surface area contributed by atoms with Crippen LogP contribution in [0.15, 0.2) is 50.2 Å². The predicted octanol–water partition coefficient (Wildman–Crippen LogP) is 4.33. The molecule has 1 N–H and O–H groups in total. The van der Waals surface area contributed by atoms with E-state index in [9.17, 15) is 9.59 Å². The molecule has 0 bridgehead atoms. The van der Waals surface area contributed by atoms with Crippen LogP contribution < -0.4 is 10.7 Å². The second-order valence-corrected chi connectivity index (χ2v) is 7.17. The third kappa shape index (κ3) is 3.42. The van der Waals surface area contributed by atoms with Crippen molar-refractivity contribution >= 4 is 22.7 Å². The van der Waals surface area contributed by atoms with Gasteiger partial charge in [0, 0.05) is 11.6 Å². The molecule has 0 unspecified atom stereocenters. The van der Waals surface area contributed by atoms with Crippen molar-refractivity contribution in [2.75, 3.05) is 5.32 Å². The summed E-state index contributed by atoms with van der Waals surface area (Å²) < 4.78 is 10.6. The summed E-state index contributed by atoms with van der Waals surface area (Å²) in [5.41, 5.74) is 5.05. The van der Waals surface area contributed by atoms with Gasteiger partial charge in [0.25, 0.3) is 5.91 Å². The Labute approximate surface area is 166 Å². The van der Waals surface area contributed by atoms with E-state index in [0.717, 1.165) is 27.8 Å². The molecule has 2 aromatic carbocycles. The smallest absolute Gasteiger partial charge is 0.292 e. The molecule has 0 atom stereocenters. The number of carbonyl (C=O) groups excluding carboxylic acids is 1. The van der Waals surface area contributed by atoms with Crippen molar-refractivity contribution in [1.29, 1.82) is 0 Å². The number of aromatic nitrogens is 2. The average Bonchev–Trinajstić information content (AvgIpc) is 3.12. The first kappa shape index (κ1) is 18.6. The number of amides is 1. The summed E-state index contributed by atoms with van der Waals surface area (Å²) >= 11 is 0. The van der Waals surface area contributed by atoms with Gasteiger partial charge in [-0.25, -0.2) is 4.63 Å². The van der Waals surface area contributed by atoms with Crippen LogP contribution in [0.3, 0.4) is 0 Å². The van der Waals surface area contributed by atoms with Crippen molar-refractivity contribution < 1.29 is 13.8 Å². The van der Waals surface area contributed by atoms with Crippen LogP contribution in [-0.2, 0) is 0 Å². The number of hydrogen-bond acceptors (Lipinski definition) is 6. The van der Waals surface area contributed by atoms with Crippen LogP contribution in [0.4, 0.5) is 5.82 Å². The minimum Gasteiger partial charge on any atom is -0.450 e. The Morgan fingerprint density at radius 1 is 0.931 bits per heavy atom. The minimum atomic E-state index is -0.605. The summed E-state index contributed by atoms with van der Waals surface area (Å²) in [6, 6.07) is 10.7. The minimum absolute atomic E-state index is 0.107. The van der Waals surface area contributed by atoms with Crippen molar-refractivity contribution in [1.82, 2.24) is 10.3 Å². The van der Waals surface area contributed by atoms with Crippen LogP contribution in [0.25, 0.3) is 22.2 Å². The van der Waals surface area contributed by atoms with Gasteiger partial charge in [-0.15, -0.1) is 0 Å². The number of fused-ring (bicyclic) bond motifs is 1. The topological polar surface area (TPSA) is 98.2 Å². The maximum Gasteiger partial charge on any atom is 0.292 e. The van der Waals surface area contributed by atoms with E-state index in [0.29, 0.717) is 16.7 Å².